The third-order valence-corrected chi connectivity index (χ3v) is 3.76. The molecule has 0 saturated heterocycles. The van der Waals surface area contributed by atoms with Gasteiger partial charge in [-0.2, -0.15) is 0 Å². The predicted octanol–water partition coefficient (Wildman–Crippen LogP) is 1.41. The minimum atomic E-state index is -1.19. The van der Waals surface area contributed by atoms with Crippen molar-refractivity contribution in [2.75, 3.05) is 20.3 Å². The fourth-order valence-electron chi connectivity index (χ4n) is 2.57. The molecule has 0 radical (unpaired) electrons. The molecule has 1 aromatic rings. The van der Waals surface area contributed by atoms with Crippen LogP contribution in [0.2, 0.25) is 0 Å². The van der Waals surface area contributed by atoms with E-state index >= 15 is 0 Å². The van der Waals surface area contributed by atoms with Crippen LogP contribution in [0, 0.1) is 0 Å². The number of ether oxygens (including phenoxy) is 2. The molecule has 5 nitrogen and oxygen atoms in total. The second-order valence-corrected chi connectivity index (χ2v) is 5.04. The molecule has 0 spiro atoms. The van der Waals surface area contributed by atoms with E-state index < -0.39 is 11.6 Å². The lowest BCUT2D eigenvalue weighted by molar-refractivity contribution is -0.168. The van der Waals surface area contributed by atoms with E-state index in [2.05, 4.69) is 0 Å². The fourth-order valence-corrected chi connectivity index (χ4v) is 2.57. The van der Waals surface area contributed by atoms with E-state index in [4.69, 9.17) is 14.6 Å². The van der Waals surface area contributed by atoms with E-state index in [0.29, 0.717) is 25.7 Å². The van der Waals surface area contributed by atoms with Crippen LogP contribution in [-0.4, -0.2) is 42.1 Å². The Morgan fingerprint density at radius 1 is 1.40 bits per heavy atom. The van der Waals surface area contributed by atoms with Crippen LogP contribution in [0.15, 0.2) is 18.2 Å². The Labute approximate surface area is 118 Å². The van der Waals surface area contributed by atoms with Crippen LogP contribution < -0.4 is 4.74 Å². The summed E-state index contributed by atoms with van der Waals surface area (Å²) in [7, 11) is 1.59. The van der Waals surface area contributed by atoms with Crippen LogP contribution in [0.25, 0.3) is 0 Å². The summed E-state index contributed by atoms with van der Waals surface area (Å²) in [6.45, 7) is 0.252. The molecular formula is C15H20O5. The maximum absolute atomic E-state index is 11.6. The monoisotopic (exact) mass is 280 g/mol. The normalized spacial score (nSPS) is 21.3. The van der Waals surface area contributed by atoms with Gasteiger partial charge < -0.3 is 19.7 Å². The van der Waals surface area contributed by atoms with Gasteiger partial charge in [0.05, 0.1) is 13.7 Å². The van der Waals surface area contributed by atoms with Gasteiger partial charge in [0, 0.05) is 13.0 Å². The molecule has 2 rings (SSSR count). The molecular weight excluding hydrogens is 260 g/mol. The number of fused-ring (bicyclic) bond motifs is 1. The topological polar surface area (TPSA) is 76.0 Å². The number of benzene rings is 1. The first-order valence-corrected chi connectivity index (χ1v) is 6.75. The Kier molecular flexibility index (Phi) is 4.62. The predicted molar refractivity (Wildman–Crippen MR) is 73.0 cm³/mol. The smallest absolute Gasteiger partial charge is 0.336 e. The molecule has 0 fully saturated rings. The Balaban J connectivity index is 2.21. The van der Waals surface area contributed by atoms with Gasteiger partial charge in [0.1, 0.15) is 5.75 Å². The molecule has 5 heteroatoms. The van der Waals surface area contributed by atoms with Crippen molar-refractivity contribution in [2.45, 2.75) is 31.3 Å². The van der Waals surface area contributed by atoms with E-state index in [1.807, 2.05) is 18.2 Å². The van der Waals surface area contributed by atoms with Crippen LogP contribution in [0.5, 0.6) is 5.75 Å². The van der Waals surface area contributed by atoms with Gasteiger partial charge >= 0.3 is 5.97 Å². The molecule has 1 aromatic carbocycles. The van der Waals surface area contributed by atoms with Crippen LogP contribution in [0.1, 0.15) is 24.0 Å². The van der Waals surface area contributed by atoms with Gasteiger partial charge in [-0.25, -0.2) is 4.79 Å². The summed E-state index contributed by atoms with van der Waals surface area (Å²) in [4.78, 5) is 11.6. The lowest BCUT2D eigenvalue weighted by Gasteiger charge is -2.34. The highest BCUT2D eigenvalue weighted by molar-refractivity contribution is 5.78. The van der Waals surface area contributed by atoms with Gasteiger partial charge in [0.15, 0.2) is 5.60 Å². The molecule has 20 heavy (non-hydrogen) atoms. The van der Waals surface area contributed by atoms with Crippen LogP contribution in [-0.2, 0) is 22.4 Å². The number of aliphatic hydroxyl groups is 1. The average molecular weight is 280 g/mol. The lowest BCUT2D eigenvalue weighted by atomic mass is 9.80. The number of rotatable bonds is 6. The van der Waals surface area contributed by atoms with Crippen LogP contribution in [0.3, 0.4) is 0 Å². The highest BCUT2D eigenvalue weighted by atomic mass is 16.5. The molecule has 1 aliphatic carbocycles. The summed E-state index contributed by atoms with van der Waals surface area (Å²) in [6, 6.07) is 5.74. The second kappa shape index (κ2) is 6.24. The minimum Gasteiger partial charge on any atom is -0.497 e. The Bertz CT molecular complexity index is 485. The number of aliphatic hydroxyl groups excluding tert-OH is 1. The number of hydrogen-bond acceptors (Lipinski definition) is 4. The van der Waals surface area contributed by atoms with Gasteiger partial charge in [-0.1, -0.05) is 6.07 Å². The van der Waals surface area contributed by atoms with Gasteiger partial charge in [-0.15, -0.1) is 0 Å². The van der Waals surface area contributed by atoms with Gasteiger partial charge in [0.25, 0.3) is 0 Å². The highest BCUT2D eigenvalue weighted by Gasteiger charge is 2.42. The summed E-state index contributed by atoms with van der Waals surface area (Å²) < 4.78 is 10.8. The minimum absolute atomic E-state index is 0.000108. The molecule has 2 N–H and O–H groups in total. The number of methoxy groups -OCH3 is 1. The Morgan fingerprint density at radius 2 is 2.20 bits per heavy atom. The molecule has 0 heterocycles. The maximum atomic E-state index is 11.6. The van der Waals surface area contributed by atoms with E-state index in [-0.39, 0.29) is 13.2 Å². The first-order valence-electron chi connectivity index (χ1n) is 6.75. The molecule has 1 atom stereocenters. The zero-order valence-corrected chi connectivity index (χ0v) is 11.6. The average Bonchev–Trinajstić information content (AvgIpc) is 2.46. The quantitative estimate of drug-likeness (QED) is 0.770. The van der Waals surface area contributed by atoms with Crippen molar-refractivity contribution in [1.82, 2.24) is 0 Å². The van der Waals surface area contributed by atoms with E-state index in [9.17, 15) is 9.90 Å². The molecule has 0 amide bonds. The van der Waals surface area contributed by atoms with Crippen molar-refractivity contribution in [2.24, 2.45) is 0 Å². The Hall–Kier alpha value is -1.59. The van der Waals surface area contributed by atoms with E-state index in [1.54, 1.807) is 7.11 Å². The largest absolute Gasteiger partial charge is 0.497 e. The fraction of sp³-hybridized carbons (Fsp3) is 0.533. The molecule has 0 aromatic heterocycles. The van der Waals surface area contributed by atoms with Crippen molar-refractivity contribution in [3.63, 3.8) is 0 Å². The first kappa shape index (κ1) is 14.8. The van der Waals surface area contributed by atoms with Crippen molar-refractivity contribution in [3.05, 3.63) is 29.3 Å². The van der Waals surface area contributed by atoms with Gasteiger partial charge in [-0.3, -0.25) is 0 Å². The second-order valence-electron chi connectivity index (χ2n) is 5.04. The van der Waals surface area contributed by atoms with Crippen molar-refractivity contribution in [3.8, 4) is 5.75 Å². The maximum Gasteiger partial charge on any atom is 0.336 e. The third kappa shape index (κ3) is 2.94. The summed E-state index contributed by atoms with van der Waals surface area (Å²) in [6.07, 6.45) is 1.90. The molecule has 0 bridgehead atoms. The number of carbonyl (C=O) groups is 1. The number of aliphatic carboxylic acids is 1. The molecule has 110 valence electrons. The van der Waals surface area contributed by atoms with Crippen LogP contribution in [0.4, 0.5) is 0 Å². The lowest BCUT2D eigenvalue weighted by Crippen LogP contribution is -2.46. The number of hydrogen-bond donors (Lipinski definition) is 2. The zero-order valence-electron chi connectivity index (χ0n) is 11.6. The van der Waals surface area contributed by atoms with Crippen LogP contribution >= 0.6 is 0 Å². The third-order valence-electron chi connectivity index (χ3n) is 3.76. The van der Waals surface area contributed by atoms with Crippen molar-refractivity contribution < 1.29 is 24.5 Å². The number of aryl methyl sites for hydroxylation is 1. The van der Waals surface area contributed by atoms with Crippen molar-refractivity contribution >= 4 is 5.97 Å². The summed E-state index contributed by atoms with van der Waals surface area (Å²) >= 11 is 0. The summed E-state index contributed by atoms with van der Waals surface area (Å²) in [5.41, 5.74) is 0.921. The van der Waals surface area contributed by atoms with E-state index in [1.165, 1.54) is 0 Å². The summed E-state index contributed by atoms with van der Waals surface area (Å²) in [5.74, 6) is -0.218. The molecule has 0 aliphatic heterocycles. The zero-order chi connectivity index (χ0) is 14.6. The first-order chi connectivity index (χ1) is 9.61. The van der Waals surface area contributed by atoms with Crippen molar-refractivity contribution in [1.29, 1.82) is 0 Å². The van der Waals surface area contributed by atoms with Gasteiger partial charge in [0.2, 0.25) is 0 Å². The molecule has 1 aliphatic rings. The van der Waals surface area contributed by atoms with E-state index in [0.717, 1.165) is 16.9 Å². The Morgan fingerprint density at radius 3 is 2.85 bits per heavy atom. The highest BCUT2D eigenvalue weighted by Crippen LogP contribution is 2.34. The molecule has 1 unspecified atom stereocenters. The standard InChI is InChI=1S/C15H20O5/c1-19-13-4-3-11-5-6-15(14(17)18,10-12(11)9-13)20-8-2-7-16/h3-4,9,16H,2,5-8,10H2,1H3,(H,17,18). The molecule has 0 saturated carbocycles. The van der Waals surface area contributed by atoms with Gasteiger partial charge in [-0.05, 0) is 42.5 Å². The SMILES string of the molecule is COc1ccc2c(c1)CC(OCCCO)(C(=O)O)CC2. The number of carboxylic acids is 1. The summed E-state index contributed by atoms with van der Waals surface area (Å²) in [5, 5.41) is 18.3. The number of carboxylic acid groups (broad SMARTS) is 1.